The van der Waals surface area contributed by atoms with E-state index in [9.17, 15) is 4.79 Å². The standard InChI is InChI=1S/C9H14O/c1-8(2)9(3)6-4-5-7-10/h4-8H,1-3H3/b5-4-,9-6+. The Morgan fingerprint density at radius 1 is 1.30 bits per heavy atom. The molecule has 0 fully saturated rings. The van der Waals surface area contributed by atoms with Crippen molar-refractivity contribution in [2.75, 3.05) is 0 Å². The fourth-order valence-electron chi connectivity index (χ4n) is 0.445. The lowest BCUT2D eigenvalue weighted by Crippen LogP contribution is -1.86. The van der Waals surface area contributed by atoms with Crippen LogP contribution in [0.4, 0.5) is 0 Å². The molecule has 0 spiro atoms. The number of hydrogen-bond acceptors (Lipinski definition) is 1. The largest absolute Gasteiger partial charge is 0.299 e. The van der Waals surface area contributed by atoms with Gasteiger partial charge >= 0.3 is 0 Å². The fourth-order valence-corrected chi connectivity index (χ4v) is 0.445. The molecular weight excluding hydrogens is 124 g/mol. The van der Waals surface area contributed by atoms with Crippen molar-refractivity contribution in [2.45, 2.75) is 20.8 Å². The first-order chi connectivity index (χ1) is 4.68. The molecule has 1 nitrogen and oxygen atoms in total. The third-order valence-electron chi connectivity index (χ3n) is 1.46. The summed E-state index contributed by atoms with van der Waals surface area (Å²) in [6.07, 6.45) is 6.00. The van der Waals surface area contributed by atoms with E-state index in [0.29, 0.717) is 5.92 Å². The Labute approximate surface area is 62.4 Å². The van der Waals surface area contributed by atoms with Crippen LogP contribution < -0.4 is 0 Å². The maximum Gasteiger partial charge on any atom is 0.142 e. The van der Waals surface area contributed by atoms with Gasteiger partial charge in [-0.1, -0.05) is 31.6 Å². The first-order valence-electron chi connectivity index (χ1n) is 3.47. The molecule has 0 bridgehead atoms. The summed E-state index contributed by atoms with van der Waals surface area (Å²) >= 11 is 0. The Balaban J connectivity index is 3.91. The highest BCUT2D eigenvalue weighted by atomic mass is 16.1. The summed E-state index contributed by atoms with van der Waals surface area (Å²) in [7, 11) is 0. The van der Waals surface area contributed by atoms with Crippen LogP contribution in [0.1, 0.15) is 20.8 Å². The van der Waals surface area contributed by atoms with E-state index >= 15 is 0 Å². The van der Waals surface area contributed by atoms with Crippen LogP contribution in [-0.2, 0) is 4.79 Å². The van der Waals surface area contributed by atoms with Gasteiger partial charge in [0, 0.05) is 0 Å². The fraction of sp³-hybridized carbons (Fsp3) is 0.444. The van der Waals surface area contributed by atoms with E-state index < -0.39 is 0 Å². The molecule has 0 rings (SSSR count). The van der Waals surface area contributed by atoms with Crippen molar-refractivity contribution in [2.24, 2.45) is 5.92 Å². The molecule has 0 aromatic rings. The van der Waals surface area contributed by atoms with Gasteiger partial charge in [0.15, 0.2) is 0 Å². The smallest absolute Gasteiger partial charge is 0.142 e. The Morgan fingerprint density at radius 2 is 1.90 bits per heavy atom. The van der Waals surface area contributed by atoms with Gasteiger partial charge in [-0.25, -0.2) is 0 Å². The van der Waals surface area contributed by atoms with Crippen LogP contribution in [0.2, 0.25) is 0 Å². The molecule has 0 radical (unpaired) electrons. The van der Waals surface area contributed by atoms with E-state index in [2.05, 4.69) is 20.8 Å². The van der Waals surface area contributed by atoms with Gasteiger partial charge < -0.3 is 0 Å². The normalized spacial score (nSPS) is 13.0. The van der Waals surface area contributed by atoms with Crippen LogP contribution in [0.25, 0.3) is 0 Å². The zero-order valence-corrected chi connectivity index (χ0v) is 6.79. The van der Waals surface area contributed by atoms with Gasteiger partial charge in [-0.2, -0.15) is 0 Å². The highest BCUT2D eigenvalue weighted by Crippen LogP contribution is 2.06. The molecule has 0 saturated heterocycles. The summed E-state index contributed by atoms with van der Waals surface area (Å²) in [5, 5.41) is 0. The van der Waals surface area contributed by atoms with Gasteiger partial charge in [0.2, 0.25) is 0 Å². The second-order valence-corrected chi connectivity index (χ2v) is 2.59. The Bertz CT molecular complexity index is 152. The van der Waals surface area contributed by atoms with E-state index in [1.165, 1.54) is 11.6 Å². The van der Waals surface area contributed by atoms with Crippen molar-refractivity contribution in [3.05, 3.63) is 23.8 Å². The maximum absolute atomic E-state index is 9.84. The molecule has 0 aliphatic heterocycles. The predicted molar refractivity (Wildman–Crippen MR) is 43.8 cm³/mol. The average molecular weight is 138 g/mol. The average Bonchev–Trinajstić information content (AvgIpc) is 1.88. The first-order valence-corrected chi connectivity index (χ1v) is 3.47. The van der Waals surface area contributed by atoms with Crippen molar-refractivity contribution < 1.29 is 4.79 Å². The monoisotopic (exact) mass is 138 g/mol. The van der Waals surface area contributed by atoms with E-state index in [0.717, 1.165) is 6.29 Å². The molecule has 0 atom stereocenters. The molecule has 0 aromatic carbocycles. The van der Waals surface area contributed by atoms with Crippen LogP contribution in [-0.4, -0.2) is 6.29 Å². The van der Waals surface area contributed by atoms with Crippen LogP contribution in [0.3, 0.4) is 0 Å². The molecule has 56 valence electrons. The van der Waals surface area contributed by atoms with Crippen LogP contribution in [0.5, 0.6) is 0 Å². The van der Waals surface area contributed by atoms with Crippen molar-refractivity contribution in [1.29, 1.82) is 0 Å². The van der Waals surface area contributed by atoms with E-state index in [-0.39, 0.29) is 0 Å². The molecule has 0 aliphatic carbocycles. The van der Waals surface area contributed by atoms with Gasteiger partial charge in [0.25, 0.3) is 0 Å². The number of carbonyl (C=O) groups is 1. The summed E-state index contributed by atoms with van der Waals surface area (Å²) in [4.78, 5) is 9.84. The zero-order chi connectivity index (χ0) is 7.98. The Morgan fingerprint density at radius 3 is 2.30 bits per heavy atom. The van der Waals surface area contributed by atoms with E-state index in [4.69, 9.17) is 0 Å². The van der Waals surface area contributed by atoms with Crippen LogP contribution in [0.15, 0.2) is 23.8 Å². The van der Waals surface area contributed by atoms with Gasteiger partial charge in [0.05, 0.1) is 0 Å². The zero-order valence-electron chi connectivity index (χ0n) is 6.79. The third kappa shape index (κ3) is 4.07. The van der Waals surface area contributed by atoms with Gasteiger partial charge in [0.1, 0.15) is 6.29 Å². The number of carbonyl (C=O) groups excluding carboxylic acids is 1. The van der Waals surface area contributed by atoms with Gasteiger partial charge in [-0.15, -0.1) is 0 Å². The molecule has 1 heteroatoms. The number of rotatable bonds is 3. The summed E-state index contributed by atoms with van der Waals surface area (Å²) in [5.74, 6) is 0.566. The summed E-state index contributed by atoms with van der Waals surface area (Å²) in [5.41, 5.74) is 1.29. The van der Waals surface area contributed by atoms with Gasteiger partial charge in [-0.05, 0) is 18.9 Å². The predicted octanol–water partition coefficient (Wildman–Crippen LogP) is 2.34. The molecule has 0 unspecified atom stereocenters. The summed E-state index contributed by atoms with van der Waals surface area (Å²) in [6, 6.07) is 0. The first kappa shape index (κ1) is 9.15. The second kappa shape index (κ2) is 4.98. The number of allylic oxidation sites excluding steroid dienone is 4. The Kier molecular flexibility index (Phi) is 4.55. The highest BCUT2D eigenvalue weighted by Gasteiger charge is 1.91. The molecule has 0 aromatic heterocycles. The van der Waals surface area contributed by atoms with Crippen molar-refractivity contribution in [3.8, 4) is 0 Å². The summed E-state index contributed by atoms with van der Waals surface area (Å²) in [6.45, 7) is 6.31. The van der Waals surface area contributed by atoms with Crippen molar-refractivity contribution in [3.63, 3.8) is 0 Å². The maximum atomic E-state index is 9.84. The number of aldehydes is 1. The van der Waals surface area contributed by atoms with E-state index in [1.54, 1.807) is 6.08 Å². The molecule has 0 aliphatic rings. The highest BCUT2D eigenvalue weighted by molar-refractivity contribution is 5.65. The quantitative estimate of drug-likeness (QED) is 0.332. The topological polar surface area (TPSA) is 17.1 Å². The lowest BCUT2D eigenvalue weighted by atomic mass is 10.1. The lowest BCUT2D eigenvalue weighted by Gasteiger charge is -2.01. The van der Waals surface area contributed by atoms with Crippen molar-refractivity contribution in [1.82, 2.24) is 0 Å². The second-order valence-electron chi connectivity index (χ2n) is 2.59. The molecule has 0 N–H and O–H groups in total. The molecule has 10 heavy (non-hydrogen) atoms. The molecular formula is C9H14O. The summed E-state index contributed by atoms with van der Waals surface area (Å²) < 4.78 is 0. The van der Waals surface area contributed by atoms with Crippen LogP contribution in [0, 0.1) is 5.92 Å². The van der Waals surface area contributed by atoms with Crippen LogP contribution >= 0.6 is 0 Å². The third-order valence-corrected chi connectivity index (χ3v) is 1.46. The lowest BCUT2D eigenvalue weighted by molar-refractivity contribution is -0.104. The minimum atomic E-state index is 0.566. The van der Waals surface area contributed by atoms with Crippen molar-refractivity contribution >= 4 is 6.29 Å². The molecule has 0 heterocycles. The number of hydrogen-bond donors (Lipinski definition) is 0. The minimum absolute atomic E-state index is 0.566. The SMILES string of the molecule is C/C(=C\C=C/C=O)C(C)C. The molecule has 0 amide bonds. The minimum Gasteiger partial charge on any atom is -0.299 e. The van der Waals surface area contributed by atoms with E-state index in [1.807, 2.05) is 6.08 Å². The Hall–Kier alpha value is -0.850. The molecule has 0 saturated carbocycles. The van der Waals surface area contributed by atoms with Gasteiger partial charge in [-0.3, -0.25) is 4.79 Å².